The van der Waals surface area contributed by atoms with E-state index >= 15 is 0 Å². The van der Waals surface area contributed by atoms with Gasteiger partial charge in [-0.2, -0.15) is 0 Å². The van der Waals surface area contributed by atoms with Crippen molar-refractivity contribution in [1.82, 2.24) is 14.5 Å². The molecule has 206 valence electrons. The molecule has 3 nitrogen and oxygen atoms in total. The number of hydrogen-bond donors (Lipinski definition) is 0. The molecule has 0 N–H and O–H groups in total. The first-order valence-electron chi connectivity index (χ1n) is 19.8. The van der Waals surface area contributed by atoms with Crippen LogP contribution in [0.5, 0.6) is 0 Å². The molecule has 4 heteroatoms. The summed E-state index contributed by atoms with van der Waals surface area (Å²) in [4.78, 5) is 10.0. The second-order valence-corrected chi connectivity index (χ2v) is 11.2. The van der Waals surface area contributed by atoms with Gasteiger partial charge < -0.3 is 4.57 Å². The van der Waals surface area contributed by atoms with Crippen molar-refractivity contribution in [1.29, 1.82) is 0 Å². The highest BCUT2D eigenvalue weighted by Gasteiger charge is 2.19. The zero-order valence-corrected chi connectivity index (χ0v) is 23.6. The van der Waals surface area contributed by atoms with Gasteiger partial charge in [0.15, 0.2) is 5.82 Å². The lowest BCUT2D eigenvalue weighted by Gasteiger charge is -2.12. The van der Waals surface area contributed by atoms with Crippen LogP contribution in [0.4, 0.5) is 0 Å². The van der Waals surface area contributed by atoms with Crippen molar-refractivity contribution in [2.45, 2.75) is 0 Å². The number of hydrogen-bond acceptors (Lipinski definition) is 3. The average Bonchev–Trinajstić information content (AvgIpc) is 3.77. The van der Waals surface area contributed by atoms with Crippen molar-refractivity contribution in [3.63, 3.8) is 0 Å². The molecule has 0 bridgehead atoms. The molecule has 0 radical (unpaired) electrons. The lowest BCUT2D eigenvalue weighted by Crippen LogP contribution is -1.97. The highest BCUT2D eigenvalue weighted by molar-refractivity contribution is 7.26. The molecule has 0 aliphatic carbocycles. The molecular weight excluding hydrogens is 555 g/mol. The normalized spacial score (nSPS) is 15.5. The van der Waals surface area contributed by atoms with E-state index in [-0.39, 0.29) is 38.9 Å². The zero-order chi connectivity index (χ0) is 39.5. The largest absolute Gasteiger partial charge is 0.309 e. The fourth-order valence-electron chi connectivity index (χ4n) is 5.72. The predicted octanol–water partition coefficient (Wildman–Crippen LogP) is 10.9. The second kappa shape index (κ2) is 10.0. The van der Waals surface area contributed by atoms with E-state index in [1.165, 1.54) is 0 Å². The Hall–Kier alpha value is -5.58. The molecule has 0 fully saturated rings. The quantitative estimate of drug-likeness (QED) is 0.204. The number of nitrogens with zero attached hydrogens (tertiary/aromatic N) is 3. The summed E-state index contributed by atoms with van der Waals surface area (Å²) in [6.45, 7) is 0. The van der Waals surface area contributed by atoms with Crippen LogP contribution in [0.15, 0.2) is 151 Å². The smallest absolute Gasteiger partial charge is 0.161 e. The van der Waals surface area contributed by atoms with Gasteiger partial charge in [-0.3, -0.25) is 0 Å². The first-order valence-corrected chi connectivity index (χ1v) is 14.6. The number of benzene rings is 6. The zero-order valence-electron chi connectivity index (χ0n) is 34.8. The van der Waals surface area contributed by atoms with E-state index < -0.39 is 78.2 Å². The number of fused-ring (bicyclic) bond motifs is 6. The van der Waals surface area contributed by atoms with Crippen LogP contribution >= 0.6 is 11.3 Å². The molecule has 0 spiro atoms. The van der Waals surface area contributed by atoms with E-state index in [4.69, 9.17) is 23.7 Å². The van der Waals surface area contributed by atoms with Gasteiger partial charge in [0, 0.05) is 53.3 Å². The summed E-state index contributed by atoms with van der Waals surface area (Å²) in [5.41, 5.74) is 0.921. The maximum Gasteiger partial charge on any atom is 0.161 e. The van der Waals surface area contributed by atoms with Gasteiger partial charge in [-0.05, 0) is 42.4 Å². The summed E-state index contributed by atoms with van der Waals surface area (Å²) in [5, 5.41) is 1.83. The average molecular weight is 592 g/mol. The van der Waals surface area contributed by atoms with Gasteiger partial charge in [0.25, 0.3) is 0 Å². The van der Waals surface area contributed by atoms with Crippen LogP contribution in [0.3, 0.4) is 0 Å². The molecular formula is C40H25N3S. The Kier molecular flexibility index (Phi) is 3.59. The minimum absolute atomic E-state index is 0.0495. The van der Waals surface area contributed by atoms with Gasteiger partial charge in [0.1, 0.15) is 0 Å². The summed E-state index contributed by atoms with van der Waals surface area (Å²) in [7, 11) is 0. The van der Waals surface area contributed by atoms with E-state index in [9.17, 15) is 2.74 Å². The van der Waals surface area contributed by atoms with Gasteiger partial charge >= 0.3 is 0 Å². The molecule has 0 aliphatic rings. The highest BCUT2D eigenvalue weighted by Crippen LogP contribution is 2.42. The monoisotopic (exact) mass is 591 g/mol. The van der Waals surface area contributed by atoms with E-state index in [0.717, 1.165) is 24.7 Å². The van der Waals surface area contributed by atoms with E-state index in [1.54, 1.807) is 17.4 Å². The summed E-state index contributed by atoms with van der Waals surface area (Å²) < 4.78 is 109. The standard InChI is InChI=1S/C40H25N3S/c1-3-13-26(14-4-1)33-25-34(42-40(41-33)32-21-11-19-29-28-17-8-10-24-37(28)44-39(29)32)30-20-12-23-36-38(30)31-18-7-9-22-35(31)43(36)27-15-5-2-6-16-27/h1-25H/i2D,5D,6D,7D,9D,12D,15D,16D,18D,20D,22D,23D. The van der Waals surface area contributed by atoms with Gasteiger partial charge in [-0.1, -0.05) is 109 Å². The third-order valence-corrected chi connectivity index (χ3v) is 8.85. The minimum atomic E-state index is -0.699. The lowest BCUT2D eigenvalue weighted by molar-refractivity contribution is 1.18. The first-order chi connectivity index (χ1) is 26.8. The Morgan fingerprint density at radius 2 is 1.32 bits per heavy atom. The van der Waals surface area contributed by atoms with Crippen LogP contribution in [-0.2, 0) is 0 Å². The third-order valence-electron chi connectivity index (χ3n) is 7.63. The van der Waals surface area contributed by atoms with Crippen molar-refractivity contribution in [3.8, 4) is 39.6 Å². The second-order valence-electron chi connectivity index (χ2n) is 10.1. The molecule has 0 saturated heterocycles. The number of para-hydroxylation sites is 2. The molecule has 6 aromatic carbocycles. The molecule has 0 atom stereocenters. The molecule has 3 aromatic heterocycles. The molecule has 0 saturated carbocycles. The van der Waals surface area contributed by atoms with Crippen molar-refractivity contribution >= 4 is 53.3 Å². The van der Waals surface area contributed by atoms with Gasteiger partial charge in [-0.15, -0.1) is 11.3 Å². The Balaban J connectivity index is 1.49. The fraction of sp³-hybridized carbons (Fsp3) is 0. The highest BCUT2D eigenvalue weighted by atomic mass is 32.1. The molecule has 3 heterocycles. The van der Waals surface area contributed by atoms with Gasteiger partial charge in [-0.25, -0.2) is 9.97 Å². The Bertz CT molecular complexity index is 3150. The molecule has 0 aliphatic heterocycles. The number of rotatable bonds is 4. The molecule has 9 rings (SSSR count). The van der Waals surface area contributed by atoms with Crippen LogP contribution in [0.25, 0.3) is 81.6 Å². The van der Waals surface area contributed by atoms with Crippen molar-refractivity contribution in [3.05, 3.63) is 151 Å². The predicted molar refractivity (Wildman–Crippen MR) is 186 cm³/mol. The van der Waals surface area contributed by atoms with E-state index in [2.05, 4.69) is 0 Å². The SMILES string of the molecule is [2H]c1c([2H])c([2H])c(-n2c3c([2H])c([2H])c([2H])c([2H])c3c3c(-c4cc(-c5ccccc5)nc(-c5cccc6c5sc5ccccc56)n4)c([2H])c([2H])c([2H])c32)c([2H])c1[2H]. The summed E-state index contributed by atoms with van der Waals surface area (Å²) in [5.74, 6) is 0.281. The molecule has 9 aromatic rings. The Morgan fingerprint density at radius 1 is 0.568 bits per heavy atom. The number of aromatic nitrogens is 3. The van der Waals surface area contributed by atoms with Crippen LogP contribution < -0.4 is 0 Å². The lowest BCUT2D eigenvalue weighted by atomic mass is 10.0. The molecule has 0 amide bonds. The van der Waals surface area contributed by atoms with Crippen LogP contribution in [0, 0.1) is 0 Å². The van der Waals surface area contributed by atoms with E-state index in [0.29, 0.717) is 16.8 Å². The summed E-state index contributed by atoms with van der Waals surface area (Å²) >= 11 is 1.57. The Morgan fingerprint density at radius 3 is 2.23 bits per heavy atom. The van der Waals surface area contributed by atoms with Crippen LogP contribution in [0.2, 0.25) is 0 Å². The van der Waals surface area contributed by atoms with Crippen molar-refractivity contribution in [2.75, 3.05) is 0 Å². The Labute approximate surface area is 275 Å². The van der Waals surface area contributed by atoms with Crippen LogP contribution in [-0.4, -0.2) is 14.5 Å². The first kappa shape index (κ1) is 15.8. The van der Waals surface area contributed by atoms with Gasteiger partial charge in [0.05, 0.1) is 38.9 Å². The minimum Gasteiger partial charge on any atom is -0.309 e. The fourth-order valence-corrected chi connectivity index (χ4v) is 6.93. The van der Waals surface area contributed by atoms with Gasteiger partial charge in [0.2, 0.25) is 0 Å². The van der Waals surface area contributed by atoms with Crippen molar-refractivity contribution in [2.24, 2.45) is 0 Å². The third kappa shape index (κ3) is 3.89. The number of thiophene rings is 1. The molecule has 0 unspecified atom stereocenters. The topological polar surface area (TPSA) is 30.7 Å². The van der Waals surface area contributed by atoms with Crippen LogP contribution in [0.1, 0.15) is 16.4 Å². The maximum absolute atomic E-state index is 9.37. The summed E-state index contributed by atoms with van der Waals surface area (Å²) in [6, 6.07) is 17.2. The van der Waals surface area contributed by atoms with E-state index in [1.807, 2.05) is 72.8 Å². The maximum atomic E-state index is 9.37. The van der Waals surface area contributed by atoms with Crippen molar-refractivity contribution < 1.29 is 16.4 Å². The summed E-state index contributed by atoms with van der Waals surface area (Å²) in [6.07, 6.45) is 0. The molecule has 44 heavy (non-hydrogen) atoms.